The highest BCUT2D eigenvalue weighted by atomic mass is 16.3. The number of fused-ring (bicyclic) bond motifs is 1. The van der Waals surface area contributed by atoms with Crippen molar-refractivity contribution in [2.75, 3.05) is 0 Å². The van der Waals surface area contributed by atoms with Crippen LogP contribution in [0, 0.1) is 17.3 Å². The molecule has 4 aliphatic rings. The van der Waals surface area contributed by atoms with Gasteiger partial charge in [-0.05, 0) is 68.6 Å². The van der Waals surface area contributed by atoms with Crippen LogP contribution >= 0.6 is 0 Å². The summed E-state index contributed by atoms with van der Waals surface area (Å²) in [4.78, 5) is 55.9. The molecule has 42 heavy (non-hydrogen) atoms. The van der Waals surface area contributed by atoms with E-state index in [1.165, 1.54) is 0 Å². The van der Waals surface area contributed by atoms with E-state index >= 15 is 0 Å². The minimum absolute atomic E-state index is 0.0948. The fourth-order valence-electron chi connectivity index (χ4n) is 7.30. The summed E-state index contributed by atoms with van der Waals surface area (Å²) in [5, 5.41) is 30.4. The van der Waals surface area contributed by atoms with Gasteiger partial charge in [-0.1, -0.05) is 66.2 Å². The highest BCUT2D eigenvalue weighted by Crippen LogP contribution is 2.41. The second kappa shape index (κ2) is 14.1. The van der Waals surface area contributed by atoms with Gasteiger partial charge in [-0.2, -0.15) is 0 Å². The largest absolute Gasteiger partial charge is 0.383 e. The average Bonchev–Trinajstić information content (AvgIpc) is 3.69. The summed E-state index contributed by atoms with van der Waals surface area (Å²) in [6.07, 6.45) is 9.27. The number of aliphatic hydroxyl groups is 2. The van der Waals surface area contributed by atoms with Crippen molar-refractivity contribution in [3.05, 3.63) is 0 Å². The maximum Gasteiger partial charge on any atom is 0.251 e. The van der Waals surface area contributed by atoms with E-state index in [0.29, 0.717) is 19.3 Å². The van der Waals surface area contributed by atoms with E-state index in [0.717, 1.165) is 70.6 Å². The van der Waals surface area contributed by atoms with Crippen LogP contribution in [-0.4, -0.2) is 81.2 Å². The fourth-order valence-corrected chi connectivity index (χ4v) is 7.30. The molecular weight excluding hydrogens is 536 g/mol. The lowest BCUT2D eigenvalue weighted by Crippen LogP contribution is -2.62. The summed E-state index contributed by atoms with van der Waals surface area (Å²) >= 11 is 0. The van der Waals surface area contributed by atoms with Gasteiger partial charge in [0.2, 0.25) is 17.7 Å². The van der Waals surface area contributed by atoms with Gasteiger partial charge in [0.1, 0.15) is 18.2 Å². The van der Waals surface area contributed by atoms with Crippen LogP contribution in [0.1, 0.15) is 118 Å². The van der Waals surface area contributed by atoms with E-state index in [9.17, 15) is 29.4 Å². The molecule has 10 nitrogen and oxygen atoms in total. The normalized spacial score (nSPS) is 27.8. The zero-order valence-corrected chi connectivity index (χ0v) is 26.1. The number of nitrogens with one attached hydrogen (secondary N) is 3. The third-order valence-electron chi connectivity index (χ3n) is 9.91. The summed E-state index contributed by atoms with van der Waals surface area (Å²) in [6.45, 7) is 7.60. The van der Waals surface area contributed by atoms with Gasteiger partial charge in [-0.15, -0.1) is 0 Å². The SMILES string of the molecule is CCC[C@H](NC(=O)[C@@H]1CC2CCCCC2N1C(=O)[C@@H](NC(=O)[C@@H](O)C1CCCCC1)C(C)(C)C)C(O)C(=O)NC1CC1. The Morgan fingerprint density at radius 1 is 0.857 bits per heavy atom. The molecule has 0 aromatic heterocycles. The number of rotatable bonds is 11. The number of carbonyl (C=O) groups excluding carboxylic acids is 4. The zero-order valence-electron chi connectivity index (χ0n) is 26.1. The molecule has 5 N–H and O–H groups in total. The first-order chi connectivity index (χ1) is 19.9. The maximum absolute atomic E-state index is 14.4. The number of hydrogen-bond donors (Lipinski definition) is 5. The molecule has 7 atom stereocenters. The first-order valence-electron chi connectivity index (χ1n) is 16.5. The van der Waals surface area contributed by atoms with E-state index in [2.05, 4.69) is 16.0 Å². The lowest BCUT2D eigenvalue weighted by atomic mass is 9.82. The van der Waals surface area contributed by atoms with Crippen molar-refractivity contribution in [2.45, 2.75) is 160 Å². The van der Waals surface area contributed by atoms with E-state index in [-0.39, 0.29) is 35.7 Å². The predicted molar refractivity (Wildman–Crippen MR) is 159 cm³/mol. The molecule has 4 rings (SSSR count). The smallest absolute Gasteiger partial charge is 0.251 e. The number of likely N-dealkylation sites (tertiary alicyclic amines) is 1. The third kappa shape index (κ3) is 7.84. The molecule has 1 aliphatic heterocycles. The Morgan fingerprint density at radius 2 is 1.50 bits per heavy atom. The second-order valence-electron chi connectivity index (χ2n) is 14.4. The molecule has 0 bridgehead atoms. The van der Waals surface area contributed by atoms with Crippen molar-refractivity contribution >= 4 is 23.6 Å². The average molecular weight is 591 g/mol. The topological polar surface area (TPSA) is 148 Å². The van der Waals surface area contributed by atoms with Crippen LogP contribution in [-0.2, 0) is 19.2 Å². The summed E-state index contributed by atoms with van der Waals surface area (Å²) < 4.78 is 0. The van der Waals surface area contributed by atoms with E-state index in [1.54, 1.807) is 4.90 Å². The van der Waals surface area contributed by atoms with Crippen LogP contribution in [0.25, 0.3) is 0 Å². The number of nitrogens with zero attached hydrogens (tertiary/aromatic N) is 1. The minimum atomic E-state index is -1.37. The van der Waals surface area contributed by atoms with Gasteiger partial charge in [0.15, 0.2) is 6.10 Å². The Bertz CT molecular complexity index is 973. The Balaban J connectivity index is 1.53. The van der Waals surface area contributed by atoms with Crippen LogP contribution in [0.2, 0.25) is 0 Å². The number of hydrogen-bond acceptors (Lipinski definition) is 6. The van der Waals surface area contributed by atoms with Gasteiger partial charge in [0.25, 0.3) is 5.91 Å². The molecule has 0 spiro atoms. The molecule has 10 heteroatoms. The standard InChI is InChI=1S/C32H54N4O6/c1-5-11-22(26(38)30(41)33-21-16-17-21)34-28(39)24-18-20-14-9-10-15-23(20)36(24)31(42)27(32(2,3)4)35-29(40)25(37)19-12-7-6-8-13-19/h19-27,37-38H,5-18H2,1-4H3,(H,33,41)(H,34,39)(H,35,40)/t20?,22-,23?,24-,25-,26?,27+/m0/s1. The van der Waals surface area contributed by atoms with E-state index in [1.807, 2.05) is 27.7 Å². The lowest BCUT2D eigenvalue weighted by molar-refractivity contribution is -0.148. The molecule has 0 aromatic carbocycles. The van der Waals surface area contributed by atoms with E-state index < -0.39 is 47.6 Å². The first kappa shape index (κ1) is 32.7. The van der Waals surface area contributed by atoms with Crippen LogP contribution < -0.4 is 16.0 Å². The zero-order chi connectivity index (χ0) is 30.6. The van der Waals surface area contributed by atoms with E-state index in [4.69, 9.17) is 0 Å². The Kier molecular flexibility index (Phi) is 10.9. The summed E-state index contributed by atoms with van der Waals surface area (Å²) in [5.41, 5.74) is -0.658. The molecule has 3 saturated carbocycles. The van der Waals surface area contributed by atoms with Crippen LogP contribution in [0.3, 0.4) is 0 Å². The molecular formula is C32H54N4O6. The van der Waals surface area contributed by atoms with Crippen molar-refractivity contribution in [3.63, 3.8) is 0 Å². The van der Waals surface area contributed by atoms with Gasteiger partial charge in [-0.3, -0.25) is 19.2 Å². The molecule has 4 amide bonds. The number of aliphatic hydroxyl groups excluding tert-OH is 2. The summed E-state index contributed by atoms with van der Waals surface area (Å²) in [5.74, 6) is -1.60. The van der Waals surface area contributed by atoms with Crippen molar-refractivity contribution in [2.24, 2.45) is 17.3 Å². The van der Waals surface area contributed by atoms with Crippen molar-refractivity contribution < 1.29 is 29.4 Å². The van der Waals surface area contributed by atoms with Gasteiger partial charge < -0.3 is 31.1 Å². The first-order valence-corrected chi connectivity index (χ1v) is 16.5. The monoisotopic (exact) mass is 590 g/mol. The Labute approximate surface area is 251 Å². The van der Waals surface area contributed by atoms with Gasteiger partial charge >= 0.3 is 0 Å². The van der Waals surface area contributed by atoms with Crippen molar-refractivity contribution in [1.29, 1.82) is 0 Å². The minimum Gasteiger partial charge on any atom is -0.383 e. The van der Waals surface area contributed by atoms with Gasteiger partial charge in [0.05, 0.1) is 6.04 Å². The van der Waals surface area contributed by atoms with Crippen molar-refractivity contribution in [1.82, 2.24) is 20.9 Å². The summed E-state index contributed by atoms with van der Waals surface area (Å²) in [7, 11) is 0. The Morgan fingerprint density at radius 3 is 2.12 bits per heavy atom. The quantitative estimate of drug-likeness (QED) is 0.250. The molecule has 238 valence electrons. The second-order valence-corrected chi connectivity index (χ2v) is 14.4. The molecule has 0 radical (unpaired) electrons. The van der Waals surface area contributed by atoms with Crippen LogP contribution in [0.4, 0.5) is 0 Å². The highest BCUT2D eigenvalue weighted by Gasteiger charge is 2.51. The maximum atomic E-state index is 14.4. The molecule has 3 aliphatic carbocycles. The van der Waals surface area contributed by atoms with Gasteiger partial charge in [0, 0.05) is 12.1 Å². The van der Waals surface area contributed by atoms with Gasteiger partial charge in [-0.25, -0.2) is 0 Å². The molecule has 3 unspecified atom stereocenters. The summed E-state index contributed by atoms with van der Waals surface area (Å²) in [6, 6.07) is -2.45. The molecule has 1 heterocycles. The molecule has 0 aromatic rings. The number of carbonyl (C=O) groups is 4. The highest BCUT2D eigenvalue weighted by molar-refractivity contribution is 5.94. The van der Waals surface area contributed by atoms with Crippen LogP contribution in [0.5, 0.6) is 0 Å². The molecule has 1 saturated heterocycles. The van der Waals surface area contributed by atoms with Crippen molar-refractivity contribution in [3.8, 4) is 0 Å². The fraction of sp³-hybridized carbons (Fsp3) is 0.875. The number of amides is 4. The Hall–Kier alpha value is -2.20. The third-order valence-corrected chi connectivity index (χ3v) is 9.91. The molecule has 4 fully saturated rings. The van der Waals surface area contributed by atoms with Crippen LogP contribution in [0.15, 0.2) is 0 Å². The predicted octanol–water partition coefficient (Wildman–Crippen LogP) is 2.54. The lowest BCUT2D eigenvalue weighted by Gasteiger charge is -2.40.